The van der Waals surface area contributed by atoms with Gasteiger partial charge in [-0.1, -0.05) is 32.9 Å². The van der Waals surface area contributed by atoms with E-state index < -0.39 is 0 Å². The molecule has 0 unspecified atom stereocenters. The third-order valence-corrected chi connectivity index (χ3v) is 3.54. The summed E-state index contributed by atoms with van der Waals surface area (Å²) in [5.41, 5.74) is 2.82. The van der Waals surface area contributed by atoms with Gasteiger partial charge in [0.15, 0.2) is 0 Å². The monoisotopic (exact) mass is 278 g/mol. The molecule has 0 amide bonds. The van der Waals surface area contributed by atoms with Crippen molar-refractivity contribution < 1.29 is 10.1 Å². The number of nitrogens with two attached hydrogens (primary N) is 1. The number of benzene rings is 1. The van der Waals surface area contributed by atoms with Crippen LogP contribution in [0.1, 0.15) is 58.6 Å². The Morgan fingerprint density at radius 3 is 2.40 bits per heavy atom. The number of ether oxygens (including phenoxy) is 1. The maximum atomic E-state index is 5.90. The molecule has 0 aliphatic heterocycles. The van der Waals surface area contributed by atoms with Crippen LogP contribution in [0.4, 0.5) is 0 Å². The Bertz CT molecular complexity index is 404. The van der Waals surface area contributed by atoms with Gasteiger partial charge in [-0.2, -0.15) is 0 Å². The minimum atomic E-state index is 0.204. The lowest BCUT2D eigenvalue weighted by Crippen LogP contribution is -2.88. The van der Waals surface area contributed by atoms with E-state index in [0.717, 1.165) is 18.8 Å². The van der Waals surface area contributed by atoms with Gasteiger partial charge in [0.2, 0.25) is 0 Å². The Hall–Kier alpha value is -1.02. The molecule has 1 aromatic carbocycles. The minimum absolute atomic E-state index is 0.204. The fraction of sp³-hybridized carbons (Fsp3) is 0.667. The van der Waals surface area contributed by atoms with Crippen molar-refractivity contribution in [3.8, 4) is 5.75 Å². The predicted molar refractivity (Wildman–Crippen MR) is 86.5 cm³/mol. The van der Waals surface area contributed by atoms with Crippen LogP contribution in [0.5, 0.6) is 5.75 Å². The summed E-state index contributed by atoms with van der Waals surface area (Å²) in [6, 6.07) is 7.26. The Morgan fingerprint density at radius 1 is 1.15 bits per heavy atom. The van der Waals surface area contributed by atoms with Crippen molar-refractivity contribution in [1.29, 1.82) is 0 Å². The van der Waals surface area contributed by atoms with Crippen LogP contribution in [0.3, 0.4) is 0 Å². The summed E-state index contributed by atoms with van der Waals surface area (Å²) in [5, 5.41) is 2.38. The van der Waals surface area contributed by atoms with E-state index in [4.69, 9.17) is 4.74 Å². The van der Waals surface area contributed by atoms with Gasteiger partial charge in [0.25, 0.3) is 0 Å². The lowest BCUT2D eigenvalue weighted by Gasteiger charge is -2.20. The molecule has 0 radical (unpaired) electrons. The van der Waals surface area contributed by atoms with Gasteiger partial charge in [-0.15, -0.1) is 0 Å². The summed E-state index contributed by atoms with van der Waals surface area (Å²) < 4.78 is 5.90. The van der Waals surface area contributed by atoms with Crippen LogP contribution in [0, 0.1) is 6.92 Å². The van der Waals surface area contributed by atoms with E-state index in [1.165, 1.54) is 24.1 Å². The Labute approximate surface area is 124 Å². The van der Waals surface area contributed by atoms with E-state index in [0.29, 0.717) is 6.04 Å². The van der Waals surface area contributed by atoms with Gasteiger partial charge in [-0.3, -0.25) is 0 Å². The van der Waals surface area contributed by atoms with Crippen LogP contribution in [0.15, 0.2) is 18.2 Å². The summed E-state index contributed by atoms with van der Waals surface area (Å²) in [5.74, 6) is 1.03. The molecule has 0 bridgehead atoms. The lowest BCUT2D eigenvalue weighted by molar-refractivity contribution is -0.683. The topological polar surface area (TPSA) is 25.8 Å². The molecule has 114 valence electrons. The average molecular weight is 278 g/mol. The molecule has 0 heterocycles. The van der Waals surface area contributed by atoms with Crippen molar-refractivity contribution in [2.45, 2.75) is 65.8 Å². The van der Waals surface area contributed by atoms with Crippen molar-refractivity contribution in [3.05, 3.63) is 29.3 Å². The van der Waals surface area contributed by atoms with Crippen molar-refractivity contribution in [2.24, 2.45) is 0 Å². The Balaban J connectivity index is 2.38. The molecule has 0 aromatic heterocycles. The highest BCUT2D eigenvalue weighted by Crippen LogP contribution is 2.27. The highest BCUT2D eigenvalue weighted by atomic mass is 16.5. The molecule has 0 saturated carbocycles. The van der Waals surface area contributed by atoms with Crippen molar-refractivity contribution in [1.82, 2.24) is 0 Å². The molecule has 0 aliphatic carbocycles. The van der Waals surface area contributed by atoms with Gasteiger partial charge < -0.3 is 10.1 Å². The zero-order chi connectivity index (χ0) is 15.2. The first-order valence-corrected chi connectivity index (χ1v) is 7.88. The van der Waals surface area contributed by atoms with E-state index in [1.54, 1.807) is 0 Å². The number of quaternary nitrogens is 1. The highest BCUT2D eigenvalue weighted by Gasteiger charge is 2.14. The summed E-state index contributed by atoms with van der Waals surface area (Å²) in [4.78, 5) is 0. The quantitative estimate of drug-likeness (QED) is 0.760. The molecule has 2 heteroatoms. The van der Waals surface area contributed by atoms with Crippen LogP contribution in [-0.4, -0.2) is 19.2 Å². The highest BCUT2D eigenvalue weighted by molar-refractivity contribution is 5.38. The van der Waals surface area contributed by atoms with E-state index >= 15 is 0 Å². The van der Waals surface area contributed by atoms with Gasteiger partial charge in [0.05, 0.1) is 19.2 Å². The van der Waals surface area contributed by atoms with Gasteiger partial charge >= 0.3 is 0 Å². The van der Waals surface area contributed by atoms with Gasteiger partial charge in [0, 0.05) is 0 Å². The summed E-state index contributed by atoms with van der Waals surface area (Å²) >= 11 is 0. The van der Waals surface area contributed by atoms with Crippen LogP contribution in [0.2, 0.25) is 0 Å². The van der Waals surface area contributed by atoms with E-state index in [-0.39, 0.29) is 5.41 Å². The van der Waals surface area contributed by atoms with Crippen LogP contribution in [0.25, 0.3) is 0 Å². The molecule has 2 N–H and O–H groups in total. The van der Waals surface area contributed by atoms with Crippen LogP contribution in [-0.2, 0) is 5.41 Å². The molecule has 0 fully saturated rings. The second kappa shape index (κ2) is 7.68. The fourth-order valence-electron chi connectivity index (χ4n) is 2.16. The Kier molecular flexibility index (Phi) is 6.54. The molecule has 2 nitrogen and oxygen atoms in total. The second-order valence-electron chi connectivity index (χ2n) is 7.05. The van der Waals surface area contributed by atoms with Gasteiger partial charge in [-0.25, -0.2) is 0 Å². The second-order valence-corrected chi connectivity index (χ2v) is 7.05. The van der Waals surface area contributed by atoms with E-state index in [1.807, 2.05) is 0 Å². The molecular formula is C18H32NO+. The van der Waals surface area contributed by atoms with Gasteiger partial charge in [0.1, 0.15) is 5.75 Å². The lowest BCUT2D eigenvalue weighted by atomic mass is 9.86. The summed E-state index contributed by atoms with van der Waals surface area (Å²) in [6.07, 6.45) is 2.35. The number of unbranched alkanes of at least 4 members (excludes halogenated alkanes) is 1. The molecule has 0 aliphatic rings. The van der Waals surface area contributed by atoms with Gasteiger partial charge in [-0.05, 0) is 56.2 Å². The zero-order valence-corrected chi connectivity index (χ0v) is 14.1. The first-order valence-electron chi connectivity index (χ1n) is 7.88. The maximum Gasteiger partial charge on any atom is 0.122 e. The number of rotatable bonds is 7. The van der Waals surface area contributed by atoms with E-state index in [9.17, 15) is 0 Å². The predicted octanol–water partition coefficient (Wildman–Crippen LogP) is 3.42. The molecule has 0 saturated heterocycles. The smallest absolute Gasteiger partial charge is 0.122 e. The van der Waals surface area contributed by atoms with Crippen molar-refractivity contribution in [3.63, 3.8) is 0 Å². The summed E-state index contributed by atoms with van der Waals surface area (Å²) in [7, 11) is 0. The minimum Gasteiger partial charge on any atom is -0.493 e. The molecular weight excluding hydrogens is 246 g/mol. The van der Waals surface area contributed by atoms with Crippen LogP contribution >= 0.6 is 0 Å². The number of hydrogen-bond donors (Lipinski definition) is 1. The zero-order valence-electron chi connectivity index (χ0n) is 14.1. The van der Waals surface area contributed by atoms with Crippen molar-refractivity contribution in [2.75, 3.05) is 13.2 Å². The van der Waals surface area contributed by atoms with Crippen LogP contribution < -0.4 is 10.1 Å². The molecule has 1 rings (SSSR count). The standard InChI is InChI=1S/C18H31NO/c1-14(2)19-11-7-8-12-20-17-10-9-16(13-15(17)3)18(4,5)6/h9-10,13-14,19H,7-8,11-12H2,1-6H3/p+1. The largest absolute Gasteiger partial charge is 0.493 e. The van der Waals surface area contributed by atoms with Crippen molar-refractivity contribution >= 4 is 0 Å². The summed E-state index contributed by atoms with van der Waals surface area (Å²) in [6.45, 7) is 15.4. The normalized spacial score (nSPS) is 11.9. The first-order chi connectivity index (χ1) is 9.30. The fourth-order valence-corrected chi connectivity index (χ4v) is 2.16. The molecule has 20 heavy (non-hydrogen) atoms. The molecule has 0 spiro atoms. The number of aryl methyl sites for hydroxylation is 1. The van der Waals surface area contributed by atoms with E-state index in [2.05, 4.69) is 65.1 Å². The third kappa shape index (κ3) is 5.96. The third-order valence-electron chi connectivity index (χ3n) is 3.54. The average Bonchev–Trinajstić information content (AvgIpc) is 2.33. The maximum absolute atomic E-state index is 5.90. The molecule has 1 aromatic rings. The first kappa shape index (κ1) is 17.0. The SMILES string of the molecule is Cc1cc(C(C)(C)C)ccc1OCCCC[NH2+]C(C)C. The number of hydrogen-bond acceptors (Lipinski definition) is 1. The molecule has 0 atom stereocenters. The Morgan fingerprint density at radius 2 is 1.85 bits per heavy atom.